The van der Waals surface area contributed by atoms with Gasteiger partial charge in [0.05, 0.1) is 25.5 Å². The summed E-state index contributed by atoms with van der Waals surface area (Å²) in [6, 6.07) is -2.82. The van der Waals surface area contributed by atoms with Crippen LogP contribution in [0.25, 0.3) is 0 Å². The normalized spacial score (nSPS) is 18.7. The molecule has 4 heterocycles. The van der Waals surface area contributed by atoms with Crippen molar-refractivity contribution in [3.05, 3.63) is 54.1 Å². The molecule has 3 aliphatic rings. The number of rotatable bonds is 37. The van der Waals surface area contributed by atoms with Crippen LogP contribution in [0.15, 0.2) is 47.8 Å². The standard InChI is InChI=1S/C58H91N17O13S/c1-34(2)27-41(70-50(80)39(17-10-23-64-58(60)61)68-49(79)37-16-9-22-63-37)51(81)73-44(32-76)53(83)71-42(29-36-30-62-33-66-36)52(82)67-38(15-7-8-21-59)48(78)65-31-47(77)74-24-11-18-45(74)54(84)69-40(20-26-89-3)56(86)75-25-12-19-46(75)55(85)72-43(57(87)88)28-35-13-5-4-6-14-35/h4-6,13-14,30,33-34,37-46,63,76H,7-12,15-29,31-32,59H2,1-3H3,(H,62,66)(H,65,78)(H,67,82)(H,68,79)(H,69,84)(H,70,80)(H,71,83)(H,72,85)(H,73,81)(H,87,88)(H4,60,61,64)/t37-,38-,39-,40-,41-,42-,43-,44-,45-,46-/m0/s1. The number of aliphatic carboxylic acids is 1. The van der Waals surface area contributed by atoms with Crippen molar-refractivity contribution in [1.82, 2.24) is 67.6 Å². The summed E-state index contributed by atoms with van der Waals surface area (Å²) in [5.41, 5.74) is 17.8. The summed E-state index contributed by atoms with van der Waals surface area (Å²) in [7, 11) is 0. The van der Waals surface area contributed by atoms with Gasteiger partial charge in [0.2, 0.25) is 59.1 Å². The molecule has 0 aliphatic carbocycles. The third-order valence-electron chi connectivity index (χ3n) is 15.6. The number of nitrogens with two attached hydrogens (primary N) is 3. The molecule has 89 heavy (non-hydrogen) atoms. The topological polar surface area (TPSA) is 462 Å². The van der Waals surface area contributed by atoms with Gasteiger partial charge in [-0.2, -0.15) is 11.8 Å². The van der Waals surface area contributed by atoms with Gasteiger partial charge in [-0.3, -0.25) is 52.9 Å². The van der Waals surface area contributed by atoms with Gasteiger partial charge in [0.15, 0.2) is 5.96 Å². The van der Waals surface area contributed by atoms with Crippen LogP contribution in [0.3, 0.4) is 0 Å². The number of aromatic amines is 1. The number of likely N-dealkylation sites (tertiary alicyclic amines) is 2. The zero-order valence-corrected chi connectivity index (χ0v) is 51.8. The minimum atomic E-state index is -1.66. The van der Waals surface area contributed by atoms with Crippen LogP contribution in [0.2, 0.25) is 0 Å². The lowest BCUT2D eigenvalue weighted by molar-refractivity contribution is -0.145. The summed E-state index contributed by atoms with van der Waals surface area (Å²) in [6.45, 7) is 3.46. The van der Waals surface area contributed by atoms with E-state index < -0.39 is 139 Å². The van der Waals surface area contributed by atoms with Crippen molar-refractivity contribution in [3.8, 4) is 0 Å². The second kappa shape index (κ2) is 37.2. The summed E-state index contributed by atoms with van der Waals surface area (Å²) >= 11 is 1.44. The van der Waals surface area contributed by atoms with Crippen LogP contribution >= 0.6 is 11.8 Å². The third-order valence-corrected chi connectivity index (χ3v) is 16.2. The van der Waals surface area contributed by atoms with E-state index in [4.69, 9.17) is 17.2 Å². The molecule has 31 heteroatoms. The van der Waals surface area contributed by atoms with Crippen LogP contribution < -0.4 is 65.1 Å². The molecule has 3 saturated heterocycles. The van der Waals surface area contributed by atoms with E-state index in [0.29, 0.717) is 62.1 Å². The lowest BCUT2D eigenvalue weighted by atomic mass is 10.0. The number of hydrogen-bond donors (Lipinski definition) is 15. The van der Waals surface area contributed by atoms with Crippen molar-refractivity contribution in [2.24, 2.45) is 28.1 Å². The molecule has 492 valence electrons. The number of carbonyl (C=O) groups excluding carboxylic acids is 10. The van der Waals surface area contributed by atoms with Crippen LogP contribution in [0.4, 0.5) is 0 Å². The minimum Gasteiger partial charge on any atom is -0.480 e. The molecule has 0 radical (unpaired) electrons. The number of guanidine groups is 1. The quantitative estimate of drug-likeness (QED) is 0.0177. The maximum absolute atomic E-state index is 14.3. The summed E-state index contributed by atoms with van der Waals surface area (Å²) in [5.74, 6) is -8.07. The fourth-order valence-electron chi connectivity index (χ4n) is 10.8. The molecule has 0 saturated carbocycles. The second-order valence-corrected chi connectivity index (χ2v) is 23.9. The molecule has 0 spiro atoms. The maximum atomic E-state index is 14.3. The van der Waals surface area contributed by atoms with Crippen molar-refractivity contribution in [3.63, 3.8) is 0 Å². The number of nitrogens with one attached hydrogen (secondary N) is 10. The zero-order valence-electron chi connectivity index (χ0n) is 51.0. The first-order valence-corrected chi connectivity index (χ1v) is 31.9. The van der Waals surface area contributed by atoms with E-state index in [0.717, 1.165) is 6.42 Å². The lowest BCUT2D eigenvalue weighted by Gasteiger charge is -2.31. The summed E-state index contributed by atoms with van der Waals surface area (Å²) < 4.78 is 0. The Morgan fingerprint density at radius 1 is 0.685 bits per heavy atom. The fraction of sp³-hybridized carbons (Fsp3) is 0.638. The maximum Gasteiger partial charge on any atom is 0.326 e. The minimum absolute atomic E-state index is 0.0266. The predicted octanol–water partition coefficient (Wildman–Crippen LogP) is -3.50. The fourth-order valence-corrected chi connectivity index (χ4v) is 11.3. The largest absolute Gasteiger partial charge is 0.480 e. The predicted molar refractivity (Wildman–Crippen MR) is 329 cm³/mol. The van der Waals surface area contributed by atoms with Crippen molar-refractivity contribution in [1.29, 1.82) is 0 Å². The lowest BCUT2D eigenvalue weighted by Crippen LogP contribution is -2.60. The van der Waals surface area contributed by atoms with E-state index in [1.165, 1.54) is 34.1 Å². The number of unbranched alkanes of at least 4 members (excludes halogenated alkanes) is 1. The van der Waals surface area contributed by atoms with Crippen LogP contribution in [-0.4, -0.2) is 219 Å². The number of aliphatic imine (C=N–C) groups is 1. The Labute approximate surface area is 522 Å². The van der Waals surface area contributed by atoms with Gasteiger partial charge in [0, 0.05) is 44.4 Å². The van der Waals surface area contributed by atoms with Gasteiger partial charge >= 0.3 is 5.97 Å². The second-order valence-electron chi connectivity index (χ2n) is 22.9. The first-order chi connectivity index (χ1) is 42.6. The van der Waals surface area contributed by atoms with E-state index >= 15 is 0 Å². The number of carboxylic acid groups (broad SMARTS) is 1. The Kier molecular flexibility index (Phi) is 30.0. The van der Waals surface area contributed by atoms with Gasteiger partial charge in [0.1, 0.15) is 54.4 Å². The van der Waals surface area contributed by atoms with Crippen LogP contribution in [0, 0.1) is 5.92 Å². The highest BCUT2D eigenvalue weighted by Crippen LogP contribution is 2.23. The number of aromatic nitrogens is 2. The average Bonchev–Trinajstić information content (AvgIpc) is 3.01. The molecule has 1 aromatic heterocycles. The van der Waals surface area contributed by atoms with Gasteiger partial charge in [0.25, 0.3) is 0 Å². The Balaban J connectivity index is 1.23. The Morgan fingerprint density at radius 3 is 1.90 bits per heavy atom. The van der Waals surface area contributed by atoms with Crippen molar-refractivity contribution >= 4 is 82.8 Å². The highest BCUT2D eigenvalue weighted by molar-refractivity contribution is 7.98. The molecule has 3 fully saturated rings. The van der Waals surface area contributed by atoms with Crippen molar-refractivity contribution in [2.75, 3.05) is 57.9 Å². The Morgan fingerprint density at radius 2 is 1.28 bits per heavy atom. The number of nitrogens with zero attached hydrogens (tertiary/aromatic N) is 4. The molecular formula is C58H91N17O13S. The molecule has 0 unspecified atom stereocenters. The van der Waals surface area contributed by atoms with Gasteiger partial charge in [-0.05, 0) is 120 Å². The van der Waals surface area contributed by atoms with Gasteiger partial charge < -0.3 is 90.0 Å². The molecule has 3 aliphatic heterocycles. The number of aliphatic hydroxyl groups is 1. The molecule has 30 nitrogen and oxygen atoms in total. The SMILES string of the molecule is CSCC[C@H](NC(=O)[C@@H]1CCCN1C(=O)CNC(=O)[C@H](CCCCN)NC(=O)[C@H](Cc1cnc[nH]1)NC(=O)[C@H](CO)NC(=O)[C@H](CC(C)C)NC(=O)[C@H](CCCN=C(N)N)NC(=O)[C@@H]1CCCN1)C(=O)N1CCC[C@H]1C(=O)N[C@@H](Cc1ccccc1)C(=O)O. The third kappa shape index (κ3) is 23.2. The molecule has 0 bridgehead atoms. The average molecular weight is 1270 g/mol. The highest BCUT2D eigenvalue weighted by Gasteiger charge is 2.42. The monoisotopic (exact) mass is 1270 g/mol. The molecular weight excluding hydrogens is 1170 g/mol. The van der Waals surface area contributed by atoms with E-state index in [-0.39, 0.29) is 89.4 Å². The number of H-pyrrole nitrogens is 1. The van der Waals surface area contributed by atoms with E-state index in [1.54, 1.807) is 44.2 Å². The highest BCUT2D eigenvalue weighted by atomic mass is 32.2. The molecule has 10 atom stereocenters. The molecule has 5 rings (SSSR count). The first-order valence-electron chi connectivity index (χ1n) is 30.5. The van der Waals surface area contributed by atoms with E-state index in [1.807, 2.05) is 6.26 Å². The summed E-state index contributed by atoms with van der Waals surface area (Å²) in [4.78, 5) is 165. The van der Waals surface area contributed by atoms with Crippen molar-refractivity contribution < 1.29 is 63.0 Å². The molecule has 18 N–H and O–H groups in total. The summed E-state index contributed by atoms with van der Waals surface area (Å²) in [5, 5.41) is 44.8. The van der Waals surface area contributed by atoms with Crippen LogP contribution in [-0.2, 0) is 65.6 Å². The number of amides is 10. The number of carbonyl (C=O) groups is 11. The Bertz CT molecular complexity index is 2720. The number of thioether (sulfide) groups is 1. The van der Waals surface area contributed by atoms with Gasteiger partial charge in [-0.1, -0.05) is 44.2 Å². The number of benzene rings is 1. The number of hydrogen-bond acceptors (Lipinski definition) is 17. The Hall–Kier alpha value is -7.90. The van der Waals surface area contributed by atoms with Gasteiger partial charge in [-0.25, -0.2) is 9.78 Å². The number of imidazole rings is 1. The molecule has 2 aromatic rings. The van der Waals surface area contributed by atoms with Gasteiger partial charge in [-0.15, -0.1) is 0 Å². The molecule has 1 aromatic carbocycles. The first kappa shape index (κ1) is 71.8. The number of carboxylic acids is 1. The molecule has 10 amide bonds. The van der Waals surface area contributed by atoms with E-state index in [2.05, 4.69) is 62.8 Å². The summed E-state index contributed by atoms with van der Waals surface area (Å²) in [6.07, 6.45) is 8.66. The van der Waals surface area contributed by atoms with Crippen LogP contribution in [0.1, 0.15) is 109 Å². The van der Waals surface area contributed by atoms with Crippen molar-refractivity contribution in [2.45, 2.75) is 171 Å². The van der Waals surface area contributed by atoms with Crippen LogP contribution in [0.5, 0.6) is 0 Å². The smallest absolute Gasteiger partial charge is 0.326 e. The zero-order chi connectivity index (χ0) is 65.0. The van der Waals surface area contributed by atoms with E-state index in [9.17, 15) is 63.0 Å². The number of aliphatic hydroxyl groups excluding tert-OH is 1.